The highest BCUT2D eigenvalue weighted by molar-refractivity contribution is 8.00. The van der Waals surface area contributed by atoms with Crippen molar-refractivity contribution in [1.29, 1.82) is 0 Å². The number of anilines is 5. The molecule has 1 spiro atoms. The van der Waals surface area contributed by atoms with Crippen molar-refractivity contribution in [3.8, 4) is 11.1 Å². The number of hydrogen-bond donors (Lipinski definition) is 1. The monoisotopic (exact) mass is 870 g/mol. The van der Waals surface area contributed by atoms with E-state index < -0.39 is 5.41 Å². The standard InChI is InChI=1S/C60H47BN2S2/c1-34-37-15-4-5-18-40(37)55-42(34)31-51-58(65-54-33-53-48(59(2,3)46-23-11-13-26-52(46)64-53)32-50(54)63(51)36-29-27-35(61)28-30-36)56(55)41-19-14-24-47-57(41)62-49-25-12-10-22-45(49)60(47)43-20-8-6-16-38(43)39-17-7-9-21-44(39)60/h4,6-8,10-17,19-20,22-34,62H,5,9,18,21,61H2,1-3H3. The van der Waals surface area contributed by atoms with Crippen molar-refractivity contribution in [2.45, 2.75) is 82.8 Å². The molecule has 0 amide bonds. The van der Waals surface area contributed by atoms with Gasteiger partial charge in [0.15, 0.2) is 0 Å². The third kappa shape index (κ3) is 5.06. The van der Waals surface area contributed by atoms with Crippen molar-refractivity contribution in [1.82, 2.24) is 0 Å². The molecule has 7 aromatic rings. The summed E-state index contributed by atoms with van der Waals surface area (Å²) in [5.41, 5.74) is 26.7. The summed E-state index contributed by atoms with van der Waals surface area (Å²) < 4.78 is 0. The van der Waals surface area contributed by atoms with Crippen molar-refractivity contribution in [3.05, 3.63) is 213 Å². The lowest BCUT2D eigenvalue weighted by molar-refractivity contribution is 0.606. The maximum absolute atomic E-state index is 4.20. The minimum Gasteiger partial charge on any atom is -0.354 e. The van der Waals surface area contributed by atoms with Crippen LogP contribution in [-0.4, -0.2) is 7.85 Å². The van der Waals surface area contributed by atoms with Gasteiger partial charge in [-0.2, -0.15) is 0 Å². The first-order valence-electron chi connectivity index (χ1n) is 23.4. The van der Waals surface area contributed by atoms with Crippen molar-refractivity contribution in [2.24, 2.45) is 0 Å². The van der Waals surface area contributed by atoms with Crippen LogP contribution >= 0.6 is 23.5 Å². The average molecular weight is 871 g/mol. The molecule has 7 aliphatic rings. The third-order valence-corrected chi connectivity index (χ3v) is 18.1. The van der Waals surface area contributed by atoms with Crippen LogP contribution in [0.15, 0.2) is 188 Å². The van der Waals surface area contributed by atoms with Gasteiger partial charge in [0, 0.05) is 53.4 Å². The third-order valence-electron chi connectivity index (χ3n) is 15.8. The Hall–Kier alpha value is -6.14. The number of nitrogens with one attached hydrogen (secondary N) is 1. The molecular weight excluding hydrogens is 824 g/mol. The molecule has 0 saturated carbocycles. The van der Waals surface area contributed by atoms with E-state index in [-0.39, 0.29) is 11.3 Å². The Bertz CT molecular complexity index is 3420. The Morgan fingerprint density at radius 1 is 0.631 bits per heavy atom. The summed E-state index contributed by atoms with van der Waals surface area (Å²) in [5, 5.41) is 4.20. The second-order valence-electron chi connectivity index (χ2n) is 19.5. The second-order valence-corrected chi connectivity index (χ2v) is 21.6. The van der Waals surface area contributed by atoms with Gasteiger partial charge < -0.3 is 10.2 Å². The quantitative estimate of drug-likeness (QED) is 0.174. The zero-order chi connectivity index (χ0) is 43.3. The van der Waals surface area contributed by atoms with Gasteiger partial charge in [-0.25, -0.2) is 0 Å². The Balaban J connectivity index is 1.08. The van der Waals surface area contributed by atoms with E-state index in [1.54, 1.807) is 0 Å². The molecule has 0 saturated heterocycles. The molecule has 14 rings (SSSR count). The number of rotatable bonds is 2. The van der Waals surface area contributed by atoms with E-state index in [9.17, 15) is 0 Å². The summed E-state index contributed by atoms with van der Waals surface area (Å²) in [5.74, 6) is 0.283. The minimum absolute atomic E-state index is 0.147. The maximum atomic E-state index is 4.20. The Morgan fingerprint density at radius 2 is 1.37 bits per heavy atom. The van der Waals surface area contributed by atoms with E-state index in [1.165, 1.54) is 131 Å². The molecule has 1 N–H and O–H groups in total. The van der Waals surface area contributed by atoms with Crippen LogP contribution in [0.4, 0.5) is 28.4 Å². The highest BCUT2D eigenvalue weighted by Gasteiger charge is 2.52. The van der Waals surface area contributed by atoms with Crippen LogP contribution in [-0.2, 0) is 10.8 Å². The number of hydrogen-bond acceptors (Lipinski definition) is 4. The van der Waals surface area contributed by atoms with Gasteiger partial charge in [0.25, 0.3) is 0 Å². The molecule has 0 fully saturated rings. The van der Waals surface area contributed by atoms with Gasteiger partial charge in [-0.1, -0.05) is 165 Å². The van der Waals surface area contributed by atoms with Crippen molar-refractivity contribution < 1.29 is 0 Å². The number of fused-ring (bicyclic) bond motifs is 14. The lowest BCUT2D eigenvalue weighted by Crippen LogP contribution is -2.34. The molecule has 5 heteroatoms. The van der Waals surface area contributed by atoms with Crippen LogP contribution in [0.3, 0.4) is 0 Å². The molecule has 3 aliphatic heterocycles. The first kappa shape index (κ1) is 38.2. The van der Waals surface area contributed by atoms with E-state index in [0.29, 0.717) is 0 Å². The van der Waals surface area contributed by atoms with Crippen molar-refractivity contribution >= 4 is 76.4 Å². The first-order chi connectivity index (χ1) is 31.8. The molecule has 0 aromatic heterocycles. The molecule has 2 atom stereocenters. The molecule has 2 nitrogen and oxygen atoms in total. The summed E-state index contributed by atoms with van der Waals surface area (Å²) in [6.45, 7) is 7.27. The zero-order valence-electron chi connectivity index (χ0n) is 37.2. The van der Waals surface area contributed by atoms with Crippen LogP contribution in [0, 0.1) is 0 Å². The van der Waals surface area contributed by atoms with Crippen LogP contribution in [0.1, 0.15) is 96.9 Å². The fraction of sp³-hybridized carbons (Fsp3) is 0.167. The summed E-state index contributed by atoms with van der Waals surface area (Å²) >= 11 is 3.93. The fourth-order valence-electron chi connectivity index (χ4n) is 12.9. The number of allylic oxidation sites excluding steroid dienone is 8. The van der Waals surface area contributed by atoms with Gasteiger partial charge in [0.2, 0.25) is 0 Å². The van der Waals surface area contributed by atoms with Crippen LogP contribution in [0.2, 0.25) is 0 Å². The minimum atomic E-state index is -0.403. The molecule has 0 bridgehead atoms. The predicted octanol–water partition coefficient (Wildman–Crippen LogP) is 15.1. The molecule has 3 heterocycles. The van der Waals surface area contributed by atoms with Crippen LogP contribution in [0.5, 0.6) is 0 Å². The van der Waals surface area contributed by atoms with Crippen molar-refractivity contribution in [2.75, 3.05) is 10.2 Å². The van der Waals surface area contributed by atoms with Crippen LogP contribution in [0.25, 0.3) is 22.3 Å². The van der Waals surface area contributed by atoms with Crippen LogP contribution < -0.4 is 15.7 Å². The lowest BCUT2D eigenvalue weighted by Gasteiger charge is -2.43. The lowest BCUT2D eigenvalue weighted by atomic mass is 9.62. The predicted molar refractivity (Wildman–Crippen MR) is 277 cm³/mol. The zero-order valence-corrected chi connectivity index (χ0v) is 38.8. The molecule has 7 aromatic carbocycles. The van der Waals surface area contributed by atoms with Gasteiger partial charge in [0.1, 0.15) is 7.85 Å². The summed E-state index contributed by atoms with van der Waals surface area (Å²) in [6, 6.07) is 51.6. The topological polar surface area (TPSA) is 15.3 Å². The SMILES string of the molecule is Bc1ccc(N2c3cc4c(cc3Sc3c2cc2c(c3-c3cccc5c3Nc3ccccc3C53C5=C(C=CCC5)c5ccccc53)C3=C(C=CCC3)C2C)Sc2ccccc2C4(C)C)cc1. The normalized spacial score (nSPS) is 20.7. The van der Waals surface area contributed by atoms with E-state index in [4.69, 9.17) is 0 Å². The number of nitrogens with zero attached hydrogens (tertiary/aromatic N) is 1. The van der Waals surface area contributed by atoms with E-state index >= 15 is 0 Å². The van der Waals surface area contributed by atoms with Gasteiger partial charge in [-0.3, -0.25) is 0 Å². The molecular formula is C60H47BN2S2. The molecule has 2 unspecified atom stereocenters. The number of para-hydroxylation sites is 2. The summed E-state index contributed by atoms with van der Waals surface area (Å²) in [4.78, 5) is 7.97. The first-order valence-corrected chi connectivity index (χ1v) is 25.1. The highest BCUT2D eigenvalue weighted by Crippen LogP contribution is 2.66. The van der Waals surface area contributed by atoms with Crippen molar-refractivity contribution in [3.63, 3.8) is 0 Å². The average Bonchev–Trinajstić information content (AvgIpc) is 3.79. The summed E-state index contributed by atoms with van der Waals surface area (Å²) in [7, 11) is 2.20. The Kier molecular flexibility index (Phi) is 8.04. The fourth-order valence-corrected chi connectivity index (χ4v) is 15.6. The molecule has 0 radical (unpaired) electrons. The largest absolute Gasteiger partial charge is 0.354 e. The smallest absolute Gasteiger partial charge is 0.139 e. The van der Waals surface area contributed by atoms with E-state index in [2.05, 4.69) is 197 Å². The van der Waals surface area contributed by atoms with Gasteiger partial charge >= 0.3 is 0 Å². The van der Waals surface area contributed by atoms with Gasteiger partial charge in [0.05, 0.1) is 22.5 Å². The molecule has 4 aliphatic carbocycles. The van der Waals surface area contributed by atoms with E-state index in [1.807, 2.05) is 23.5 Å². The number of benzene rings is 7. The van der Waals surface area contributed by atoms with Gasteiger partial charge in [-0.05, 0) is 135 Å². The molecule has 312 valence electrons. The Morgan fingerprint density at radius 3 is 2.25 bits per heavy atom. The summed E-state index contributed by atoms with van der Waals surface area (Å²) in [6.07, 6.45) is 13.9. The highest BCUT2D eigenvalue weighted by atomic mass is 32.2. The van der Waals surface area contributed by atoms with E-state index in [0.717, 1.165) is 25.7 Å². The molecule has 65 heavy (non-hydrogen) atoms. The second kappa shape index (κ2) is 13.7. The maximum Gasteiger partial charge on any atom is 0.139 e. The Labute approximate surface area is 391 Å². The van der Waals surface area contributed by atoms with Gasteiger partial charge in [-0.15, -0.1) is 0 Å².